The zero-order valence-electron chi connectivity index (χ0n) is 16.3. The predicted molar refractivity (Wildman–Crippen MR) is 113 cm³/mol. The lowest BCUT2D eigenvalue weighted by Gasteiger charge is -2.33. The Morgan fingerprint density at radius 3 is 2.20 bits per heavy atom. The molecule has 0 bridgehead atoms. The van der Waals surface area contributed by atoms with E-state index in [1.165, 1.54) is 0 Å². The second kappa shape index (κ2) is 10.8. The van der Waals surface area contributed by atoms with Crippen molar-refractivity contribution in [3.05, 3.63) is 53.7 Å². The van der Waals surface area contributed by atoms with E-state index < -0.39 is 11.7 Å². The smallest absolute Gasteiger partial charge is 0.417 e. The van der Waals surface area contributed by atoms with Gasteiger partial charge in [-0.3, -0.25) is 4.79 Å². The van der Waals surface area contributed by atoms with Crippen LogP contribution in [0.4, 0.5) is 13.2 Å². The Bertz CT molecular complexity index is 808. The number of halogens is 5. The SMILES string of the molecule is CC(N)C1CCN(C(=O)c2ccc(Oc3ccc(C(F)(F)F)cn3)cc2)CC1.Cl.Cl. The van der Waals surface area contributed by atoms with Crippen molar-refractivity contribution in [3.63, 3.8) is 0 Å². The summed E-state index contributed by atoms with van der Waals surface area (Å²) in [5, 5.41) is 0. The van der Waals surface area contributed by atoms with Gasteiger partial charge in [-0.05, 0) is 56.0 Å². The Kier molecular flexibility index (Phi) is 9.39. The summed E-state index contributed by atoms with van der Waals surface area (Å²) in [5.41, 5.74) is 5.63. The number of benzene rings is 1. The first-order chi connectivity index (χ1) is 13.2. The number of rotatable bonds is 4. The molecule has 166 valence electrons. The quantitative estimate of drug-likeness (QED) is 0.694. The summed E-state index contributed by atoms with van der Waals surface area (Å²) in [6.45, 7) is 3.35. The molecule has 0 aliphatic carbocycles. The maximum absolute atomic E-state index is 12.6. The molecule has 0 radical (unpaired) electrons. The van der Waals surface area contributed by atoms with Crippen LogP contribution in [0.3, 0.4) is 0 Å². The molecule has 1 saturated heterocycles. The first kappa shape index (κ1) is 26.0. The van der Waals surface area contributed by atoms with Crippen LogP contribution >= 0.6 is 24.8 Å². The molecular formula is C20H24Cl2F3N3O2. The third-order valence-corrected chi connectivity index (χ3v) is 4.96. The lowest BCUT2D eigenvalue weighted by atomic mass is 9.90. The van der Waals surface area contributed by atoms with E-state index in [-0.39, 0.29) is 42.6 Å². The third kappa shape index (κ3) is 6.48. The average molecular weight is 466 g/mol. The third-order valence-electron chi connectivity index (χ3n) is 4.96. The molecule has 1 aromatic carbocycles. The first-order valence-electron chi connectivity index (χ1n) is 9.10. The van der Waals surface area contributed by atoms with Crippen molar-refractivity contribution >= 4 is 30.7 Å². The van der Waals surface area contributed by atoms with Gasteiger partial charge in [-0.2, -0.15) is 13.2 Å². The Hall–Kier alpha value is -2.03. The van der Waals surface area contributed by atoms with Crippen molar-refractivity contribution < 1.29 is 22.7 Å². The van der Waals surface area contributed by atoms with Gasteiger partial charge in [0.25, 0.3) is 5.91 Å². The molecule has 10 heteroatoms. The highest BCUT2D eigenvalue weighted by molar-refractivity contribution is 5.94. The zero-order valence-corrected chi connectivity index (χ0v) is 17.9. The number of carbonyl (C=O) groups is 1. The van der Waals surface area contributed by atoms with Crippen molar-refractivity contribution in [2.75, 3.05) is 13.1 Å². The van der Waals surface area contributed by atoms with E-state index in [0.29, 0.717) is 30.3 Å². The average Bonchev–Trinajstić information content (AvgIpc) is 2.68. The van der Waals surface area contributed by atoms with Crippen LogP contribution < -0.4 is 10.5 Å². The van der Waals surface area contributed by atoms with Crippen molar-refractivity contribution in [2.24, 2.45) is 11.7 Å². The van der Waals surface area contributed by atoms with Gasteiger partial charge in [-0.25, -0.2) is 4.98 Å². The summed E-state index contributed by atoms with van der Waals surface area (Å²) in [5.74, 6) is 0.822. The number of amides is 1. The monoisotopic (exact) mass is 465 g/mol. The van der Waals surface area contributed by atoms with Gasteiger partial charge in [0.1, 0.15) is 5.75 Å². The van der Waals surface area contributed by atoms with Gasteiger partial charge in [0, 0.05) is 37.0 Å². The van der Waals surface area contributed by atoms with Crippen LogP contribution in [0.1, 0.15) is 35.7 Å². The number of alkyl halides is 3. The standard InChI is InChI=1S/C20H22F3N3O2.2ClH/c1-13(24)14-8-10-26(11-9-14)19(27)15-2-5-17(6-3-15)28-18-7-4-16(12-25-18)20(21,22)23;;/h2-7,12-14H,8-11,24H2,1H3;2*1H. The Balaban J connectivity index is 0.00000225. The number of carbonyl (C=O) groups excluding carboxylic acids is 1. The Labute approximate surface area is 185 Å². The van der Waals surface area contributed by atoms with Crippen molar-refractivity contribution in [1.29, 1.82) is 0 Å². The highest BCUT2D eigenvalue weighted by Gasteiger charge is 2.30. The molecule has 1 amide bonds. The maximum atomic E-state index is 12.6. The minimum atomic E-state index is -4.44. The molecule has 2 aromatic rings. The van der Waals surface area contributed by atoms with E-state index in [9.17, 15) is 18.0 Å². The number of aromatic nitrogens is 1. The van der Waals surface area contributed by atoms with E-state index in [2.05, 4.69) is 4.98 Å². The van der Waals surface area contributed by atoms with Crippen LogP contribution in [0, 0.1) is 5.92 Å². The normalized spacial score (nSPS) is 15.6. The van der Waals surface area contributed by atoms with Crippen molar-refractivity contribution in [3.8, 4) is 11.6 Å². The van der Waals surface area contributed by atoms with E-state index >= 15 is 0 Å². The molecule has 2 heterocycles. The zero-order chi connectivity index (χ0) is 20.3. The highest BCUT2D eigenvalue weighted by Crippen LogP contribution is 2.30. The number of hydrogen-bond acceptors (Lipinski definition) is 4. The summed E-state index contributed by atoms with van der Waals surface area (Å²) in [6.07, 6.45) is -1.93. The molecule has 5 nitrogen and oxygen atoms in total. The molecule has 3 rings (SSSR count). The lowest BCUT2D eigenvalue weighted by molar-refractivity contribution is -0.137. The van der Waals surface area contributed by atoms with Crippen LogP contribution in [-0.4, -0.2) is 34.9 Å². The van der Waals surface area contributed by atoms with Gasteiger partial charge < -0.3 is 15.4 Å². The minimum absolute atomic E-state index is 0. The van der Waals surface area contributed by atoms with Crippen LogP contribution in [0.5, 0.6) is 11.6 Å². The molecule has 0 spiro atoms. The van der Waals surface area contributed by atoms with Crippen molar-refractivity contribution in [1.82, 2.24) is 9.88 Å². The summed E-state index contributed by atoms with van der Waals surface area (Å²) in [4.78, 5) is 18.1. The Morgan fingerprint density at radius 1 is 1.13 bits per heavy atom. The first-order valence-corrected chi connectivity index (χ1v) is 9.10. The molecule has 1 atom stereocenters. The minimum Gasteiger partial charge on any atom is -0.439 e. The molecule has 1 fully saturated rings. The van der Waals surface area contributed by atoms with Gasteiger partial charge >= 0.3 is 6.18 Å². The number of nitrogens with zero attached hydrogens (tertiary/aromatic N) is 2. The fraction of sp³-hybridized carbons (Fsp3) is 0.400. The molecule has 0 saturated carbocycles. The second-order valence-electron chi connectivity index (χ2n) is 7.00. The number of likely N-dealkylation sites (tertiary alicyclic amines) is 1. The number of nitrogens with two attached hydrogens (primary N) is 1. The molecule has 1 aliphatic rings. The van der Waals surface area contributed by atoms with Gasteiger partial charge in [0.2, 0.25) is 5.88 Å². The van der Waals surface area contributed by atoms with Crippen LogP contribution in [0.2, 0.25) is 0 Å². The highest BCUT2D eigenvalue weighted by atomic mass is 35.5. The topological polar surface area (TPSA) is 68.5 Å². The van der Waals surface area contributed by atoms with E-state index in [4.69, 9.17) is 10.5 Å². The number of ether oxygens (including phenoxy) is 1. The summed E-state index contributed by atoms with van der Waals surface area (Å²) >= 11 is 0. The molecule has 1 aromatic heterocycles. The van der Waals surface area contributed by atoms with Gasteiger partial charge in [0.15, 0.2) is 0 Å². The predicted octanol–water partition coefficient (Wildman–Crippen LogP) is 4.94. The summed E-state index contributed by atoms with van der Waals surface area (Å²) in [6, 6.07) is 8.67. The summed E-state index contributed by atoms with van der Waals surface area (Å²) in [7, 11) is 0. The second-order valence-corrected chi connectivity index (χ2v) is 7.00. The van der Waals surface area contributed by atoms with Gasteiger partial charge in [0.05, 0.1) is 5.56 Å². The number of hydrogen-bond donors (Lipinski definition) is 1. The van der Waals surface area contributed by atoms with Gasteiger partial charge in [-0.1, -0.05) is 0 Å². The Morgan fingerprint density at radius 2 is 1.73 bits per heavy atom. The molecule has 30 heavy (non-hydrogen) atoms. The summed E-state index contributed by atoms with van der Waals surface area (Å²) < 4.78 is 43.1. The van der Waals surface area contributed by atoms with Crippen molar-refractivity contribution in [2.45, 2.75) is 32.0 Å². The maximum Gasteiger partial charge on any atom is 0.417 e. The lowest BCUT2D eigenvalue weighted by Crippen LogP contribution is -2.42. The number of pyridine rings is 1. The molecule has 1 unspecified atom stereocenters. The molecular weight excluding hydrogens is 442 g/mol. The van der Waals surface area contributed by atoms with Gasteiger partial charge in [-0.15, -0.1) is 24.8 Å². The van der Waals surface area contributed by atoms with E-state index in [0.717, 1.165) is 31.2 Å². The molecule has 2 N–H and O–H groups in total. The fourth-order valence-corrected chi connectivity index (χ4v) is 3.21. The number of piperidine rings is 1. The van der Waals surface area contributed by atoms with Crippen LogP contribution in [0.15, 0.2) is 42.6 Å². The van der Waals surface area contributed by atoms with E-state index in [1.807, 2.05) is 11.8 Å². The largest absolute Gasteiger partial charge is 0.439 e. The fourth-order valence-electron chi connectivity index (χ4n) is 3.21. The van der Waals surface area contributed by atoms with Crippen LogP contribution in [0.25, 0.3) is 0 Å². The molecule has 1 aliphatic heterocycles. The van der Waals surface area contributed by atoms with Crippen LogP contribution in [-0.2, 0) is 6.18 Å². The van der Waals surface area contributed by atoms with E-state index in [1.54, 1.807) is 24.3 Å².